The van der Waals surface area contributed by atoms with Crippen LogP contribution in [0.2, 0.25) is 0 Å². The van der Waals surface area contributed by atoms with Gasteiger partial charge in [0.05, 0.1) is 5.56 Å². The van der Waals surface area contributed by atoms with Crippen molar-refractivity contribution < 1.29 is 19.1 Å². The molecule has 33 heavy (non-hydrogen) atoms. The Bertz CT molecular complexity index is 886. The first-order chi connectivity index (χ1) is 15.8. The minimum atomic E-state index is -0.493. The van der Waals surface area contributed by atoms with Crippen molar-refractivity contribution in [3.8, 4) is 0 Å². The molecule has 0 radical (unpaired) electrons. The fourth-order valence-corrected chi connectivity index (χ4v) is 3.66. The minimum absolute atomic E-state index is 0.273. The van der Waals surface area contributed by atoms with E-state index >= 15 is 0 Å². The first-order valence-corrected chi connectivity index (χ1v) is 11.5. The summed E-state index contributed by atoms with van der Waals surface area (Å²) in [5.41, 5.74) is 4.98. The van der Waals surface area contributed by atoms with Crippen molar-refractivity contribution in [1.29, 1.82) is 0 Å². The van der Waals surface area contributed by atoms with Gasteiger partial charge >= 0.3 is 12.1 Å². The van der Waals surface area contributed by atoms with Crippen LogP contribution in [-0.2, 0) is 22.6 Å². The number of benzene rings is 2. The molecule has 0 saturated carbocycles. The van der Waals surface area contributed by atoms with Crippen LogP contribution in [0.4, 0.5) is 4.79 Å². The van der Waals surface area contributed by atoms with Crippen molar-refractivity contribution in [2.75, 3.05) is 19.6 Å². The Morgan fingerprint density at radius 3 is 2.27 bits per heavy atom. The van der Waals surface area contributed by atoms with Crippen LogP contribution >= 0.6 is 0 Å². The molecule has 1 aliphatic rings. The van der Waals surface area contributed by atoms with Crippen LogP contribution in [0.15, 0.2) is 54.6 Å². The Morgan fingerprint density at radius 2 is 1.64 bits per heavy atom. The van der Waals surface area contributed by atoms with E-state index < -0.39 is 11.7 Å². The number of esters is 1. The van der Waals surface area contributed by atoms with Gasteiger partial charge in [-0.25, -0.2) is 14.6 Å². The van der Waals surface area contributed by atoms with Crippen molar-refractivity contribution >= 4 is 12.1 Å². The molecular formula is C26H35N3O4. The Kier molecular flexibility index (Phi) is 8.86. The Balaban J connectivity index is 1.32. The lowest BCUT2D eigenvalue weighted by Gasteiger charge is -2.32. The Morgan fingerprint density at radius 1 is 0.970 bits per heavy atom. The van der Waals surface area contributed by atoms with Crippen LogP contribution in [0.1, 0.15) is 55.1 Å². The second kappa shape index (κ2) is 11.8. The van der Waals surface area contributed by atoms with Gasteiger partial charge in [-0.3, -0.25) is 5.43 Å². The molecule has 0 bridgehead atoms. The van der Waals surface area contributed by atoms with E-state index in [0.717, 1.165) is 50.1 Å². The highest BCUT2D eigenvalue weighted by Crippen LogP contribution is 2.16. The number of amides is 1. The summed E-state index contributed by atoms with van der Waals surface area (Å²) in [6, 6.07) is 17.2. The zero-order chi connectivity index (χ0) is 23.7. The lowest BCUT2D eigenvalue weighted by atomic mass is 9.97. The molecule has 2 aromatic carbocycles. The number of hydrazine groups is 1. The molecule has 1 saturated heterocycles. The van der Waals surface area contributed by atoms with E-state index in [1.54, 1.807) is 0 Å². The van der Waals surface area contributed by atoms with Crippen LogP contribution in [0, 0.1) is 5.92 Å². The maximum atomic E-state index is 12.2. The first-order valence-electron chi connectivity index (χ1n) is 11.5. The molecule has 1 heterocycles. The number of carbonyl (C=O) groups excluding carboxylic acids is 2. The number of nitrogens with zero attached hydrogens (tertiary/aromatic N) is 1. The van der Waals surface area contributed by atoms with Crippen molar-refractivity contribution in [3.63, 3.8) is 0 Å². The third-order valence-corrected chi connectivity index (χ3v) is 5.43. The number of carbonyl (C=O) groups is 2. The minimum Gasteiger partial charge on any atom is -0.457 e. The number of piperidine rings is 1. The predicted molar refractivity (Wildman–Crippen MR) is 127 cm³/mol. The van der Waals surface area contributed by atoms with Gasteiger partial charge in [0.15, 0.2) is 0 Å². The largest absolute Gasteiger partial charge is 0.457 e. The normalized spacial score (nSPS) is 15.1. The van der Waals surface area contributed by atoms with Crippen LogP contribution in [0.3, 0.4) is 0 Å². The maximum Gasteiger partial charge on any atom is 0.422 e. The van der Waals surface area contributed by atoms with Gasteiger partial charge in [0, 0.05) is 19.6 Å². The maximum absolute atomic E-state index is 12.2. The summed E-state index contributed by atoms with van der Waals surface area (Å²) in [4.78, 5) is 24.1. The lowest BCUT2D eigenvalue weighted by Crippen LogP contribution is -2.49. The zero-order valence-corrected chi connectivity index (χ0v) is 19.8. The standard InChI is InChI=1S/C26H35N3O4/c1-26(2,3)33-25(31)28-29-15-13-21(14-16-29)18-27-17-20-9-11-23(12-10-20)24(30)32-19-22-7-5-4-6-8-22/h4-12,21,27H,13-19H2,1-3H3,(H,28,31). The summed E-state index contributed by atoms with van der Waals surface area (Å²) in [6.07, 6.45) is 1.62. The van der Waals surface area contributed by atoms with E-state index in [2.05, 4.69) is 10.7 Å². The molecule has 0 spiro atoms. The zero-order valence-electron chi connectivity index (χ0n) is 19.8. The van der Waals surface area contributed by atoms with Gasteiger partial charge in [-0.05, 0) is 69.3 Å². The molecule has 3 rings (SSSR count). The Labute approximate surface area is 196 Å². The van der Waals surface area contributed by atoms with Gasteiger partial charge < -0.3 is 14.8 Å². The highest BCUT2D eigenvalue weighted by molar-refractivity contribution is 5.89. The molecule has 2 aromatic rings. The van der Waals surface area contributed by atoms with Crippen molar-refractivity contribution in [3.05, 3.63) is 71.3 Å². The van der Waals surface area contributed by atoms with E-state index in [0.29, 0.717) is 11.5 Å². The summed E-state index contributed by atoms with van der Waals surface area (Å²) in [5.74, 6) is 0.249. The summed E-state index contributed by atoms with van der Waals surface area (Å²) in [7, 11) is 0. The van der Waals surface area contributed by atoms with Crippen molar-refractivity contribution in [1.82, 2.24) is 15.8 Å². The summed E-state index contributed by atoms with van der Waals surface area (Å²) < 4.78 is 10.7. The average Bonchev–Trinajstić information content (AvgIpc) is 2.78. The molecule has 0 aromatic heterocycles. The van der Waals surface area contributed by atoms with Gasteiger partial charge in [0.2, 0.25) is 0 Å². The quantitative estimate of drug-likeness (QED) is 0.581. The van der Waals surface area contributed by atoms with E-state index in [1.165, 1.54) is 0 Å². The molecule has 7 heteroatoms. The Hall–Kier alpha value is -2.90. The van der Waals surface area contributed by atoms with Crippen LogP contribution in [-0.4, -0.2) is 42.3 Å². The lowest BCUT2D eigenvalue weighted by molar-refractivity contribution is 0.0264. The van der Waals surface area contributed by atoms with E-state index in [-0.39, 0.29) is 12.6 Å². The second-order valence-corrected chi connectivity index (χ2v) is 9.43. The average molecular weight is 454 g/mol. The molecular weight excluding hydrogens is 418 g/mol. The first kappa shape index (κ1) is 24.7. The van der Waals surface area contributed by atoms with Crippen LogP contribution < -0.4 is 10.7 Å². The third-order valence-electron chi connectivity index (χ3n) is 5.43. The number of hydrogen-bond donors (Lipinski definition) is 2. The molecule has 1 amide bonds. The summed E-state index contributed by atoms with van der Waals surface area (Å²) in [6.45, 7) is 9.13. The van der Waals surface area contributed by atoms with E-state index in [4.69, 9.17) is 9.47 Å². The molecule has 1 fully saturated rings. The summed E-state index contributed by atoms with van der Waals surface area (Å²) in [5, 5.41) is 5.44. The fourth-order valence-electron chi connectivity index (χ4n) is 3.66. The molecule has 0 atom stereocenters. The third kappa shape index (κ3) is 8.86. The van der Waals surface area contributed by atoms with Crippen LogP contribution in [0.5, 0.6) is 0 Å². The number of nitrogens with one attached hydrogen (secondary N) is 2. The van der Waals surface area contributed by atoms with E-state index in [1.807, 2.05) is 80.4 Å². The van der Waals surface area contributed by atoms with Gasteiger partial charge in [-0.1, -0.05) is 42.5 Å². The summed E-state index contributed by atoms with van der Waals surface area (Å²) >= 11 is 0. The molecule has 1 aliphatic heterocycles. The van der Waals surface area contributed by atoms with Gasteiger partial charge in [-0.2, -0.15) is 0 Å². The highest BCUT2D eigenvalue weighted by Gasteiger charge is 2.22. The van der Waals surface area contributed by atoms with Gasteiger partial charge in [0.25, 0.3) is 0 Å². The number of ether oxygens (including phenoxy) is 2. The van der Waals surface area contributed by atoms with Crippen molar-refractivity contribution in [2.24, 2.45) is 5.92 Å². The molecule has 0 aliphatic carbocycles. The number of hydrogen-bond acceptors (Lipinski definition) is 6. The van der Waals surface area contributed by atoms with Crippen molar-refractivity contribution in [2.45, 2.75) is 52.4 Å². The predicted octanol–water partition coefficient (Wildman–Crippen LogP) is 4.28. The monoisotopic (exact) mass is 453 g/mol. The molecule has 7 nitrogen and oxygen atoms in total. The van der Waals surface area contributed by atoms with Crippen LogP contribution in [0.25, 0.3) is 0 Å². The number of rotatable bonds is 8. The molecule has 178 valence electrons. The SMILES string of the molecule is CC(C)(C)OC(=O)NN1CCC(CNCc2ccc(C(=O)OCc3ccccc3)cc2)CC1. The topological polar surface area (TPSA) is 79.9 Å². The fraction of sp³-hybridized carbons (Fsp3) is 0.462. The molecule has 0 unspecified atom stereocenters. The van der Waals surface area contributed by atoms with E-state index in [9.17, 15) is 9.59 Å². The molecule has 2 N–H and O–H groups in total. The smallest absolute Gasteiger partial charge is 0.422 e. The highest BCUT2D eigenvalue weighted by atomic mass is 16.6. The van der Waals surface area contributed by atoms with Gasteiger partial charge in [-0.15, -0.1) is 0 Å². The second-order valence-electron chi connectivity index (χ2n) is 9.43. The van der Waals surface area contributed by atoms with Gasteiger partial charge in [0.1, 0.15) is 12.2 Å².